The highest BCUT2D eigenvalue weighted by molar-refractivity contribution is 7.89. The van der Waals surface area contributed by atoms with Crippen molar-refractivity contribution in [1.82, 2.24) is 4.72 Å². The van der Waals surface area contributed by atoms with E-state index in [2.05, 4.69) is 9.46 Å². The zero-order valence-corrected chi connectivity index (χ0v) is 13.5. The highest BCUT2D eigenvalue weighted by Crippen LogP contribution is 2.20. The van der Waals surface area contributed by atoms with E-state index in [0.717, 1.165) is 19.2 Å². The topological polar surface area (TPSA) is 81.7 Å². The monoisotopic (exact) mass is 329 g/mol. The van der Waals surface area contributed by atoms with Crippen LogP contribution in [0.2, 0.25) is 0 Å². The predicted octanol–water partition coefficient (Wildman–Crippen LogP) is 0.104. The summed E-state index contributed by atoms with van der Waals surface area (Å²) >= 11 is 0. The van der Waals surface area contributed by atoms with Gasteiger partial charge in [-0.05, 0) is 12.0 Å². The first-order valence-corrected chi connectivity index (χ1v) is 7.85. The van der Waals surface area contributed by atoms with Crippen molar-refractivity contribution in [3.8, 4) is 5.75 Å². The maximum absolute atomic E-state index is 13.5. The molecule has 0 saturated heterocycles. The summed E-state index contributed by atoms with van der Waals surface area (Å²) in [6.45, 7) is 3.30. The molecule has 0 aliphatic carbocycles. The summed E-state index contributed by atoms with van der Waals surface area (Å²) < 4.78 is 49.8. The number of hydrogen-bond acceptors (Lipinski definition) is 5. The number of sulfonamides is 1. The van der Waals surface area contributed by atoms with Crippen LogP contribution in [0.4, 0.5) is 4.39 Å². The number of carbonyl (C=O) groups excluding carboxylic acids is 1. The Labute approximate surface area is 130 Å². The van der Waals surface area contributed by atoms with Crippen molar-refractivity contribution in [2.75, 3.05) is 14.2 Å². The highest BCUT2D eigenvalue weighted by Gasteiger charge is 2.30. The standard InChI is InChI=1S/C13H17BFNO5S/c1-7(2)12(13(17)21-4)16-22(18,19)11-6-10(20-3)9(15)5-8(11)14/h5-7,12,16H,1-4H3/t12-/m1/s1. The van der Waals surface area contributed by atoms with Crippen LogP contribution in [0, 0.1) is 11.7 Å². The number of hydrogen-bond donors (Lipinski definition) is 1. The van der Waals surface area contributed by atoms with Gasteiger partial charge in [0.15, 0.2) is 11.6 Å². The second kappa shape index (κ2) is 7.10. The molecule has 0 saturated carbocycles. The minimum atomic E-state index is -4.16. The van der Waals surface area contributed by atoms with Gasteiger partial charge in [-0.15, -0.1) is 0 Å². The summed E-state index contributed by atoms with van der Waals surface area (Å²) in [6.07, 6.45) is 0. The van der Waals surface area contributed by atoms with E-state index in [-0.39, 0.29) is 22.0 Å². The van der Waals surface area contributed by atoms with Crippen molar-refractivity contribution >= 4 is 29.3 Å². The lowest BCUT2D eigenvalue weighted by molar-refractivity contribution is -0.143. The Bertz CT molecular complexity index is 663. The molecule has 0 aliphatic heterocycles. The quantitative estimate of drug-likeness (QED) is 0.592. The molecule has 22 heavy (non-hydrogen) atoms. The molecule has 0 aliphatic rings. The van der Waals surface area contributed by atoms with Crippen molar-refractivity contribution in [1.29, 1.82) is 0 Å². The molecule has 0 aromatic heterocycles. The molecule has 0 spiro atoms. The molecule has 1 aromatic rings. The molecule has 0 bridgehead atoms. The predicted molar refractivity (Wildman–Crippen MR) is 79.3 cm³/mol. The van der Waals surface area contributed by atoms with E-state index in [1.54, 1.807) is 13.8 Å². The lowest BCUT2D eigenvalue weighted by Crippen LogP contribution is -2.45. The van der Waals surface area contributed by atoms with Crippen LogP contribution in [0.1, 0.15) is 13.8 Å². The van der Waals surface area contributed by atoms with Gasteiger partial charge in [-0.1, -0.05) is 19.3 Å². The van der Waals surface area contributed by atoms with Gasteiger partial charge in [-0.3, -0.25) is 4.79 Å². The highest BCUT2D eigenvalue weighted by atomic mass is 32.2. The normalized spacial score (nSPS) is 13.0. The first kappa shape index (κ1) is 18.4. The van der Waals surface area contributed by atoms with E-state index in [1.165, 1.54) is 7.11 Å². The fraction of sp³-hybridized carbons (Fsp3) is 0.462. The minimum absolute atomic E-state index is 0.270. The van der Waals surface area contributed by atoms with Gasteiger partial charge in [0.05, 0.1) is 19.1 Å². The average Bonchev–Trinajstić information content (AvgIpc) is 2.43. The van der Waals surface area contributed by atoms with E-state index in [4.69, 9.17) is 12.6 Å². The maximum atomic E-state index is 13.5. The molecule has 0 fully saturated rings. The summed E-state index contributed by atoms with van der Waals surface area (Å²) in [5, 5.41) is 0. The Morgan fingerprint density at radius 1 is 1.32 bits per heavy atom. The fourth-order valence-corrected chi connectivity index (χ4v) is 3.21. The van der Waals surface area contributed by atoms with Gasteiger partial charge in [-0.2, -0.15) is 4.72 Å². The van der Waals surface area contributed by atoms with Crippen LogP contribution in [0.3, 0.4) is 0 Å². The first-order chi connectivity index (χ1) is 10.1. The minimum Gasteiger partial charge on any atom is -0.494 e. The Hall–Kier alpha value is -1.61. The van der Waals surface area contributed by atoms with Crippen LogP contribution in [0.5, 0.6) is 5.75 Å². The number of halogens is 1. The molecule has 1 atom stereocenters. The molecule has 0 amide bonds. The van der Waals surface area contributed by atoms with E-state index in [9.17, 15) is 17.6 Å². The van der Waals surface area contributed by atoms with Gasteiger partial charge in [0.1, 0.15) is 13.9 Å². The lowest BCUT2D eigenvalue weighted by atomic mass is 9.96. The Kier molecular flexibility index (Phi) is 5.96. The van der Waals surface area contributed by atoms with Gasteiger partial charge in [0, 0.05) is 6.07 Å². The van der Waals surface area contributed by atoms with Crippen molar-refractivity contribution in [3.05, 3.63) is 17.9 Å². The van der Waals surface area contributed by atoms with Gasteiger partial charge in [0.2, 0.25) is 10.0 Å². The third kappa shape index (κ3) is 3.98. The van der Waals surface area contributed by atoms with Crippen molar-refractivity contribution in [2.24, 2.45) is 5.92 Å². The zero-order valence-electron chi connectivity index (χ0n) is 12.7. The number of esters is 1. The molecule has 1 N–H and O–H groups in total. The smallest absolute Gasteiger partial charge is 0.324 e. The second-order valence-electron chi connectivity index (χ2n) is 4.89. The third-order valence-electron chi connectivity index (χ3n) is 2.98. The van der Waals surface area contributed by atoms with Crippen LogP contribution < -0.4 is 14.9 Å². The maximum Gasteiger partial charge on any atom is 0.324 e. The Morgan fingerprint density at radius 2 is 1.91 bits per heavy atom. The lowest BCUT2D eigenvalue weighted by Gasteiger charge is -2.20. The van der Waals surface area contributed by atoms with E-state index >= 15 is 0 Å². The summed E-state index contributed by atoms with van der Waals surface area (Å²) in [7, 11) is 3.75. The second-order valence-corrected chi connectivity index (χ2v) is 6.57. The molecule has 9 heteroatoms. The van der Waals surface area contributed by atoms with E-state index in [0.29, 0.717) is 0 Å². The van der Waals surface area contributed by atoms with Crippen molar-refractivity contribution in [2.45, 2.75) is 24.8 Å². The Morgan fingerprint density at radius 3 is 2.36 bits per heavy atom. The van der Waals surface area contributed by atoms with Crippen LogP contribution in [0.15, 0.2) is 17.0 Å². The molecule has 1 rings (SSSR count). The van der Waals surface area contributed by atoms with Crippen molar-refractivity contribution < 1.29 is 27.1 Å². The number of carbonyl (C=O) groups is 1. The molecule has 2 radical (unpaired) electrons. The van der Waals surface area contributed by atoms with Crippen LogP contribution in [-0.4, -0.2) is 42.5 Å². The number of methoxy groups -OCH3 is 2. The summed E-state index contributed by atoms with van der Waals surface area (Å²) in [6, 6.07) is 0.711. The van der Waals surface area contributed by atoms with Crippen molar-refractivity contribution in [3.63, 3.8) is 0 Å². The number of nitrogens with one attached hydrogen (secondary N) is 1. The fourth-order valence-electron chi connectivity index (χ4n) is 1.75. The van der Waals surface area contributed by atoms with Gasteiger partial charge >= 0.3 is 5.97 Å². The first-order valence-electron chi connectivity index (χ1n) is 6.37. The average molecular weight is 329 g/mol. The molecule has 120 valence electrons. The van der Waals surface area contributed by atoms with Gasteiger partial charge < -0.3 is 9.47 Å². The third-order valence-corrected chi connectivity index (χ3v) is 4.47. The van der Waals surface area contributed by atoms with E-state index < -0.39 is 27.9 Å². The molecule has 1 aromatic carbocycles. The molecule has 0 unspecified atom stereocenters. The molecular formula is C13H17BFNO5S. The SMILES string of the molecule is [B]c1cc(F)c(OC)cc1S(=O)(=O)N[C@@H](C(=O)OC)C(C)C. The molecule has 0 heterocycles. The number of rotatable bonds is 6. The zero-order chi connectivity index (χ0) is 17.1. The summed E-state index contributed by atoms with van der Waals surface area (Å²) in [5.41, 5.74) is -0.293. The van der Waals surface area contributed by atoms with Gasteiger partial charge in [0.25, 0.3) is 0 Å². The molecular weight excluding hydrogens is 312 g/mol. The number of ether oxygens (including phenoxy) is 2. The van der Waals surface area contributed by atoms with Crippen LogP contribution in [0.25, 0.3) is 0 Å². The van der Waals surface area contributed by atoms with Crippen LogP contribution >= 0.6 is 0 Å². The summed E-state index contributed by atoms with van der Waals surface area (Å²) in [4.78, 5) is 11.3. The largest absolute Gasteiger partial charge is 0.494 e. The van der Waals surface area contributed by atoms with Gasteiger partial charge in [-0.25, -0.2) is 12.8 Å². The van der Waals surface area contributed by atoms with E-state index in [1.807, 2.05) is 0 Å². The molecule has 6 nitrogen and oxygen atoms in total. The summed E-state index contributed by atoms with van der Waals surface area (Å²) in [5.74, 6) is -2.14. The Balaban J connectivity index is 3.27. The van der Waals surface area contributed by atoms with Crippen LogP contribution in [-0.2, 0) is 19.6 Å². The number of benzene rings is 1.